The lowest BCUT2D eigenvalue weighted by molar-refractivity contribution is 0.601. The molecule has 0 aliphatic rings. The molecule has 0 bridgehead atoms. The van der Waals surface area contributed by atoms with Crippen LogP contribution >= 0.6 is 39.1 Å². The number of anilines is 2. The zero-order valence-electron chi connectivity index (χ0n) is 10.7. The van der Waals surface area contributed by atoms with Crippen LogP contribution in [0, 0.1) is 6.92 Å². The SMILES string of the molecule is Cc1cc(NS(=O)(=O)c2c(Cl)cc(N)cc2Cl)cnc1Br. The monoisotopic (exact) mass is 409 g/mol. The minimum atomic E-state index is -3.95. The molecule has 0 aliphatic heterocycles. The van der Waals surface area contributed by atoms with E-state index in [9.17, 15) is 8.42 Å². The number of aromatic nitrogens is 1. The topological polar surface area (TPSA) is 85.1 Å². The van der Waals surface area contributed by atoms with Crippen molar-refractivity contribution in [2.75, 3.05) is 10.5 Å². The molecule has 9 heteroatoms. The van der Waals surface area contributed by atoms with E-state index in [1.165, 1.54) is 18.3 Å². The van der Waals surface area contributed by atoms with E-state index in [-0.39, 0.29) is 20.6 Å². The molecule has 0 saturated carbocycles. The highest BCUT2D eigenvalue weighted by atomic mass is 79.9. The maximum atomic E-state index is 12.4. The molecule has 5 nitrogen and oxygen atoms in total. The number of nitrogens with one attached hydrogen (secondary N) is 1. The molecule has 3 N–H and O–H groups in total. The van der Waals surface area contributed by atoms with Gasteiger partial charge in [-0.2, -0.15) is 0 Å². The summed E-state index contributed by atoms with van der Waals surface area (Å²) in [5.41, 5.74) is 6.93. The van der Waals surface area contributed by atoms with Crippen molar-refractivity contribution in [3.05, 3.63) is 44.6 Å². The van der Waals surface area contributed by atoms with E-state index in [0.717, 1.165) is 5.56 Å². The van der Waals surface area contributed by atoms with E-state index in [0.29, 0.717) is 10.3 Å². The normalized spacial score (nSPS) is 11.4. The van der Waals surface area contributed by atoms with Crippen molar-refractivity contribution in [1.82, 2.24) is 4.98 Å². The number of hydrogen-bond donors (Lipinski definition) is 2. The summed E-state index contributed by atoms with van der Waals surface area (Å²) in [7, 11) is -3.95. The third kappa shape index (κ3) is 3.60. The quantitative estimate of drug-likeness (QED) is 0.594. The van der Waals surface area contributed by atoms with Crippen molar-refractivity contribution in [3.63, 3.8) is 0 Å². The van der Waals surface area contributed by atoms with Crippen LogP contribution in [0.5, 0.6) is 0 Å². The van der Waals surface area contributed by atoms with Gasteiger partial charge in [0, 0.05) is 5.69 Å². The Morgan fingerprint density at radius 3 is 2.33 bits per heavy atom. The largest absolute Gasteiger partial charge is 0.399 e. The first-order valence-corrected chi connectivity index (χ1v) is 8.63. The van der Waals surface area contributed by atoms with Crippen molar-refractivity contribution < 1.29 is 8.42 Å². The van der Waals surface area contributed by atoms with E-state index >= 15 is 0 Å². The van der Waals surface area contributed by atoms with Gasteiger partial charge in [0.1, 0.15) is 9.50 Å². The first-order valence-electron chi connectivity index (χ1n) is 5.60. The average molecular weight is 411 g/mol. The van der Waals surface area contributed by atoms with Gasteiger partial charge in [0.25, 0.3) is 10.0 Å². The average Bonchev–Trinajstić information content (AvgIpc) is 2.31. The number of nitrogens with two attached hydrogens (primary N) is 1. The summed E-state index contributed by atoms with van der Waals surface area (Å²) in [5, 5.41) is -0.0939. The van der Waals surface area contributed by atoms with Gasteiger partial charge in [-0.15, -0.1) is 0 Å². The molecular formula is C12H10BrCl2N3O2S. The lowest BCUT2D eigenvalue weighted by Crippen LogP contribution is -2.14. The molecule has 0 unspecified atom stereocenters. The van der Waals surface area contributed by atoms with Gasteiger partial charge in [-0.3, -0.25) is 4.72 Å². The van der Waals surface area contributed by atoms with Crippen LogP contribution in [-0.2, 0) is 10.0 Å². The number of benzene rings is 1. The smallest absolute Gasteiger partial charge is 0.264 e. The zero-order valence-corrected chi connectivity index (χ0v) is 14.6. The van der Waals surface area contributed by atoms with Gasteiger partial charge < -0.3 is 5.73 Å². The second-order valence-electron chi connectivity index (χ2n) is 4.25. The van der Waals surface area contributed by atoms with E-state index in [1.807, 2.05) is 0 Å². The zero-order chi connectivity index (χ0) is 15.8. The maximum absolute atomic E-state index is 12.4. The third-order valence-corrected chi connectivity index (χ3v) is 5.69. The van der Waals surface area contributed by atoms with E-state index < -0.39 is 10.0 Å². The Labute approximate surface area is 140 Å². The molecule has 21 heavy (non-hydrogen) atoms. The van der Waals surface area contributed by atoms with Crippen molar-refractivity contribution >= 4 is 60.5 Å². The van der Waals surface area contributed by atoms with Crippen LogP contribution in [0.25, 0.3) is 0 Å². The van der Waals surface area contributed by atoms with Crippen LogP contribution in [0.1, 0.15) is 5.56 Å². The maximum Gasteiger partial charge on any atom is 0.264 e. The van der Waals surface area contributed by atoms with Gasteiger partial charge in [-0.1, -0.05) is 23.2 Å². The number of pyridine rings is 1. The Balaban J connectivity index is 2.46. The molecule has 0 radical (unpaired) electrons. The van der Waals surface area contributed by atoms with Crippen molar-refractivity contribution in [3.8, 4) is 0 Å². The second-order valence-corrected chi connectivity index (χ2v) is 7.44. The van der Waals surface area contributed by atoms with E-state index in [1.54, 1.807) is 13.0 Å². The highest BCUT2D eigenvalue weighted by Crippen LogP contribution is 2.33. The molecule has 0 spiro atoms. The summed E-state index contributed by atoms with van der Waals surface area (Å²) in [5.74, 6) is 0. The van der Waals surface area contributed by atoms with Gasteiger partial charge in [-0.05, 0) is 46.6 Å². The molecule has 1 aromatic heterocycles. The number of hydrogen-bond acceptors (Lipinski definition) is 4. The summed E-state index contributed by atoms with van der Waals surface area (Å²) < 4.78 is 27.8. The molecule has 0 atom stereocenters. The molecule has 2 rings (SSSR count). The van der Waals surface area contributed by atoms with Crippen molar-refractivity contribution in [2.24, 2.45) is 0 Å². The van der Waals surface area contributed by atoms with Crippen LogP contribution in [0.15, 0.2) is 33.9 Å². The summed E-state index contributed by atoms with van der Waals surface area (Å²) in [6.45, 7) is 1.79. The first kappa shape index (κ1) is 16.4. The van der Waals surface area contributed by atoms with Crippen LogP contribution < -0.4 is 10.5 Å². The Hall–Kier alpha value is -1.02. The van der Waals surface area contributed by atoms with Gasteiger partial charge in [-0.25, -0.2) is 13.4 Å². The van der Waals surface area contributed by atoms with Crippen molar-refractivity contribution in [2.45, 2.75) is 11.8 Å². The molecular weight excluding hydrogens is 401 g/mol. The standard InChI is InChI=1S/C12H10BrCl2N3O2S/c1-6-2-8(5-17-12(6)13)18-21(19,20)11-9(14)3-7(16)4-10(11)15/h2-5,18H,16H2,1H3. The van der Waals surface area contributed by atoms with E-state index in [4.69, 9.17) is 28.9 Å². The van der Waals surface area contributed by atoms with Gasteiger partial charge in [0.15, 0.2) is 0 Å². The Kier molecular flexibility index (Phi) is 4.67. The molecule has 1 heterocycles. The number of rotatable bonds is 3. The fourth-order valence-electron chi connectivity index (χ4n) is 1.66. The van der Waals surface area contributed by atoms with Crippen molar-refractivity contribution in [1.29, 1.82) is 0 Å². The number of nitrogens with zero attached hydrogens (tertiary/aromatic N) is 1. The highest BCUT2D eigenvalue weighted by molar-refractivity contribution is 9.10. The lowest BCUT2D eigenvalue weighted by atomic mass is 10.3. The van der Waals surface area contributed by atoms with E-state index in [2.05, 4.69) is 25.6 Å². The molecule has 0 saturated heterocycles. The number of halogens is 3. The molecule has 1 aromatic carbocycles. The first-order chi connectivity index (χ1) is 9.70. The minimum Gasteiger partial charge on any atom is -0.399 e. The predicted octanol–water partition coefficient (Wildman–Crippen LogP) is 3.84. The Morgan fingerprint density at radius 2 is 1.81 bits per heavy atom. The summed E-state index contributed by atoms with van der Waals surface area (Å²) in [6, 6.07) is 4.29. The second kappa shape index (κ2) is 6.00. The fraction of sp³-hybridized carbons (Fsp3) is 0.0833. The number of nitrogen functional groups attached to an aromatic ring is 1. The van der Waals surface area contributed by atoms with Crippen LogP contribution in [0.2, 0.25) is 10.0 Å². The van der Waals surface area contributed by atoms with Gasteiger partial charge >= 0.3 is 0 Å². The molecule has 0 fully saturated rings. The van der Waals surface area contributed by atoms with Crippen LogP contribution in [-0.4, -0.2) is 13.4 Å². The van der Waals surface area contributed by atoms with Gasteiger partial charge in [0.2, 0.25) is 0 Å². The summed E-state index contributed by atoms with van der Waals surface area (Å²) >= 11 is 15.1. The molecule has 0 amide bonds. The Morgan fingerprint density at radius 1 is 1.24 bits per heavy atom. The number of aryl methyl sites for hydroxylation is 1. The Bertz CT molecular complexity index is 789. The van der Waals surface area contributed by atoms with Gasteiger partial charge in [0.05, 0.1) is 21.9 Å². The highest BCUT2D eigenvalue weighted by Gasteiger charge is 2.22. The molecule has 2 aromatic rings. The molecule has 112 valence electrons. The summed E-state index contributed by atoms with van der Waals surface area (Å²) in [6.07, 6.45) is 1.38. The third-order valence-electron chi connectivity index (χ3n) is 2.56. The van der Waals surface area contributed by atoms with Crippen LogP contribution in [0.4, 0.5) is 11.4 Å². The summed E-state index contributed by atoms with van der Waals surface area (Å²) in [4.78, 5) is 3.80. The fourth-order valence-corrected chi connectivity index (χ4v) is 4.14. The predicted molar refractivity (Wildman–Crippen MR) is 88.4 cm³/mol. The lowest BCUT2D eigenvalue weighted by Gasteiger charge is -2.12. The molecule has 0 aliphatic carbocycles. The van der Waals surface area contributed by atoms with Crippen LogP contribution in [0.3, 0.4) is 0 Å². The number of sulfonamides is 1. The minimum absolute atomic E-state index is 0.0470.